The molecular weight excluding hydrogens is 1030 g/mol. The predicted octanol–water partition coefficient (Wildman–Crippen LogP) is -2.68. The van der Waals surface area contributed by atoms with Gasteiger partial charge in [0.05, 0.1) is 36.9 Å². The maximum Gasteiger partial charge on any atom is 0.246 e. The molecule has 0 saturated carbocycles. The van der Waals surface area contributed by atoms with Crippen molar-refractivity contribution in [2.24, 2.45) is 33.8 Å². The number of H-pyrrole nitrogens is 1. The number of carbonyl (C=O) groups excluding carboxylic acids is 11. The van der Waals surface area contributed by atoms with Gasteiger partial charge in [0.15, 0.2) is 0 Å². The number of primary amides is 3. The molecular formula is C48H71N15O11S2. The van der Waals surface area contributed by atoms with E-state index in [9.17, 15) is 52.7 Å². The summed E-state index contributed by atoms with van der Waals surface area (Å²) in [6.45, 7) is 7.88. The van der Waals surface area contributed by atoms with E-state index in [4.69, 9.17) is 22.9 Å². The molecule has 11 amide bonds. The number of nitrogens with zero attached hydrogens (tertiary/aromatic N) is 3. The summed E-state index contributed by atoms with van der Waals surface area (Å²) in [6.07, 6.45) is 5.34. The number of rotatable bonds is 30. The second-order valence-electron chi connectivity index (χ2n) is 19.5. The average molecular weight is 1100 g/mol. The van der Waals surface area contributed by atoms with E-state index in [0.29, 0.717) is 17.1 Å². The molecule has 1 aromatic carbocycles. The third-order valence-electron chi connectivity index (χ3n) is 12.4. The molecule has 4 rings (SSSR count). The van der Waals surface area contributed by atoms with Crippen molar-refractivity contribution in [3.05, 3.63) is 48.0 Å². The number of nitrogens with two attached hydrogens (primary N) is 4. The van der Waals surface area contributed by atoms with Gasteiger partial charge >= 0.3 is 0 Å². The summed E-state index contributed by atoms with van der Waals surface area (Å²) < 4.78 is -0.923. The Morgan fingerprint density at radius 3 is 2.07 bits per heavy atom. The third-order valence-corrected chi connectivity index (χ3v) is 14.4. The lowest BCUT2D eigenvalue weighted by Gasteiger charge is -2.32. The van der Waals surface area contributed by atoms with Crippen LogP contribution >= 0.6 is 23.5 Å². The molecule has 416 valence electrons. The van der Waals surface area contributed by atoms with E-state index in [-0.39, 0.29) is 50.3 Å². The number of nitrogens with one attached hydrogen (secondary N) is 8. The predicted molar refractivity (Wildman–Crippen MR) is 284 cm³/mol. The van der Waals surface area contributed by atoms with Crippen LogP contribution < -0.4 is 60.2 Å². The molecule has 3 heterocycles. The van der Waals surface area contributed by atoms with Gasteiger partial charge in [-0.2, -0.15) is 11.8 Å². The highest BCUT2D eigenvalue weighted by atomic mass is 32.2. The minimum absolute atomic E-state index is 0.000246. The van der Waals surface area contributed by atoms with Gasteiger partial charge in [0, 0.05) is 41.6 Å². The van der Waals surface area contributed by atoms with Crippen molar-refractivity contribution in [3.8, 4) is 0 Å². The summed E-state index contributed by atoms with van der Waals surface area (Å²) in [5.41, 5.74) is 23.8. The minimum Gasteiger partial charge on any atom is -0.370 e. The van der Waals surface area contributed by atoms with Gasteiger partial charge in [0.1, 0.15) is 42.3 Å². The fourth-order valence-corrected chi connectivity index (χ4v) is 10.0. The second kappa shape index (κ2) is 28.7. The second-order valence-corrected chi connectivity index (χ2v) is 22.0. The Kier molecular flexibility index (Phi) is 23.2. The summed E-state index contributed by atoms with van der Waals surface area (Å²) in [5, 5.41) is 18.2. The van der Waals surface area contributed by atoms with Crippen molar-refractivity contribution in [2.75, 3.05) is 24.4 Å². The molecule has 26 nitrogen and oxygen atoms in total. The fourth-order valence-electron chi connectivity index (χ4n) is 8.40. The number of aliphatic imine (C=N–C) groups is 1. The molecule has 9 unspecified atom stereocenters. The molecule has 28 heteroatoms. The van der Waals surface area contributed by atoms with Gasteiger partial charge in [-0.15, -0.1) is 11.8 Å². The molecule has 0 spiro atoms. The van der Waals surface area contributed by atoms with Crippen molar-refractivity contribution in [1.82, 2.24) is 52.1 Å². The molecule has 1 saturated heterocycles. The first-order valence-corrected chi connectivity index (χ1v) is 26.9. The van der Waals surface area contributed by atoms with Crippen molar-refractivity contribution < 1.29 is 52.7 Å². The topological polar surface area (TPSA) is 420 Å². The van der Waals surface area contributed by atoms with Crippen LogP contribution in [0, 0.1) is 5.92 Å². The fraction of sp³-hybridized carbons (Fsp3) is 0.562. The summed E-state index contributed by atoms with van der Waals surface area (Å²) in [5.74, 6) is -8.70. The monoisotopic (exact) mass is 1100 g/mol. The van der Waals surface area contributed by atoms with Crippen molar-refractivity contribution in [1.29, 1.82) is 0 Å². The molecule has 0 aliphatic carbocycles. The maximum atomic E-state index is 14.3. The van der Waals surface area contributed by atoms with Crippen LogP contribution in [0.25, 0.3) is 0 Å². The number of benzene rings is 1. The number of hydrogen-bond donors (Lipinski definition) is 12. The van der Waals surface area contributed by atoms with Crippen molar-refractivity contribution in [3.63, 3.8) is 0 Å². The lowest BCUT2D eigenvalue weighted by molar-refractivity contribution is -0.142. The highest BCUT2D eigenvalue weighted by Gasteiger charge is 2.49. The standard InChI is InChI=1S/C48H71N15O11S2/c1-24(2)15-33(44(71)59-31(40(52)67)13-14-75-6)61-45(72)35(17-27-20-53-22-56-27)58-38(66)21-55-46(73)39-48(4,5)76-23-63(39)47(74)25(3)57-43(70)34(16-26-19-54-30-10-8-7-9-28(26)30)62-42(69)32(11-12-36(50)64)60-41(68)29(49)18-37(51)65/h7-10,19-20,22,24-26,29,31-35,39H,11-18,21,23,49H2,1-6H3,(H2,50,64)(H2,51,65)(H2,52,67)(H,53,56)(H,55,73)(H,57,70)(H,58,66)(H,59,71)(H,60,68)(H,61,72)(H,62,69). The largest absolute Gasteiger partial charge is 0.370 e. The Morgan fingerprint density at radius 2 is 1.43 bits per heavy atom. The van der Waals surface area contributed by atoms with E-state index >= 15 is 0 Å². The zero-order valence-electron chi connectivity index (χ0n) is 43.3. The van der Waals surface area contributed by atoms with E-state index in [2.05, 4.69) is 52.2 Å². The highest BCUT2D eigenvalue weighted by Crippen LogP contribution is 2.40. The Bertz CT molecular complexity index is 2480. The molecule has 0 bridgehead atoms. The van der Waals surface area contributed by atoms with E-state index in [1.807, 2.05) is 20.1 Å². The van der Waals surface area contributed by atoms with Crippen LogP contribution in [-0.4, -0.2) is 164 Å². The van der Waals surface area contributed by atoms with Crippen molar-refractivity contribution >= 4 is 100 Å². The van der Waals surface area contributed by atoms with Crippen LogP contribution in [0.3, 0.4) is 0 Å². The Balaban J connectivity index is 1.49. The summed E-state index contributed by atoms with van der Waals surface area (Å²) in [7, 11) is 0. The number of para-hydroxylation sites is 1. The molecule has 2 aliphatic heterocycles. The number of thioether (sulfide) groups is 2. The van der Waals surface area contributed by atoms with Crippen LogP contribution in [-0.2, 0) is 59.2 Å². The maximum absolute atomic E-state index is 14.3. The number of hydrogen-bond acceptors (Lipinski definition) is 16. The lowest BCUT2D eigenvalue weighted by atomic mass is 9.93. The quantitative estimate of drug-likeness (QED) is 0.0379. The van der Waals surface area contributed by atoms with Gasteiger partial charge in [0.25, 0.3) is 0 Å². The number of carbonyl (C=O) groups is 11. The number of imidazole rings is 1. The van der Waals surface area contributed by atoms with Gasteiger partial charge < -0.3 is 70.0 Å². The molecule has 9 atom stereocenters. The van der Waals surface area contributed by atoms with Crippen molar-refractivity contribution in [2.45, 2.75) is 139 Å². The summed E-state index contributed by atoms with van der Waals surface area (Å²) in [4.78, 5) is 158. The van der Waals surface area contributed by atoms with Gasteiger partial charge in [-0.1, -0.05) is 32.0 Å². The Labute approximate surface area is 448 Å². The summed E-state index contributed by atoms with van der Waals surface area (Å²) in [6, 6.07) is -3.02. The minimum atomic E-state index is -1.46. The molecule has 2 aromatic rings. The van der Waals surface area contributed by atoms with Crippen LogP contribution in [0.15, 0.2) is 41.8 Å². The van der Waals surface area contributed by atoms with Gasteiger partial charge in [0.2, 0.25) is 65.0 Å². The zero-order valence-corrected chi connectivity index (χ0v) is 45.0. The molecule has 16 N–H and O–H groups in total. The lowest BCUT2D eigenvalue weighted by Crippen LogP contribution is -2.60. The van der Waals surface area contributed by atoms with Gasteiger partial charge in [-0.3, -0.25) is 57.7 Å². The average Bonchev–Trinajstić information content (AvgIpc) is 4.10. The zero-order chi connectivity index (χ0) is 56.4. The number of amides is 11. The summed E-state index contributed by atoms with van der Waals surface area (Å²) >= 11 is 2.73. The van der Waals surface area contributed by atoms with E-state index in [0.717, 1.165) is 5.56 Å². The third kappa shape index (κ3) is 18.3. The van der Waals surface area contributed by atoms with Gasteiger partial charge in [-0.25, -0.2) is 4.98 Å². The van der Waals surface area contributed by atoms with Crippen LogP contribution in [0.2, 0.25) is 0 Å². The molecule has 0 radical (unpaired) electrons. The first-order valence-electron chi connectivity index (χ1n) is 24.6. The number of fused-ring (bicyclic) bond motifs is 1. The Morgan fingerprint density at radius 1 is 0.803 bits per heavy atom. The van der Waals surface area contributed by atoms with Crippen LogP contribution in [0.1, 0.15) is 90.3 Å². The SMILES string of the molecule is CSCCC(NC(=O)C(CC(C)C)NC(=O)C(Cc1cnc[nH]1)NC(=O)CNC(=O)C1N(C(=O)C(C)NC(=O)C(CC2C=Nc3ccccc32)NC(=O)C(CCC(N)=O)NC(=O)C(N)CC(N)=O)CSC1(C)C)C(N)=O. The van der Waals surface area contributed by atoms with E-state index < -0.39 is 137 Å². The van der Waals surface area contributed by atoms with E-state index in [1.165, 1.54) is 47.9 Å². The molecule has 1 fully saturated rings. The smallest absolute Gasteiger partial charge is 0.246 e. The Hall–Kier alpha value is -7.07. The molecule has 76 heavy (non-hydrogen) atoms. The highest BCUT2D eigenvalue weighted by molar-refractivity contribution is 8.00. The first kappa shape index (κ1) is 61.5. The molecule has 1 aromatic heterocycles. The van der Waals surface area contributed by atoms with Crippen LogP contribution in [0.4, 0.5) is 5.69 Å². The van der Waals surface area contributed by atoms with Crippen LogP contribution in [0.5, 0.6) is 0 Å². The van der Waals surface area contributed by atoms with Gasteiger partial charge in [-0.05, 0) is 76.0 Å². The van der Waals surface area contributed by atoms with E-state index in [1.54, 1.807) is 44.3 Å². The normalized spacial score (nSPS) is 18.1. The number of aromatic nitrogens is 2. The molecule has 2 aliphatic rings. The first-order chi connectivity index (χ1) is 35.8. The number of aromatic amines is 1.